The number of pyridine rings is 1. The lowest BCUT2D eigenvalue weighted by Crippen LogP contribution is -1.98. The van der Waals surface area contributed by atoms with Crippen molar-refractivity contribution in [3.05, 3.63) is 41.0 Å². The quantitative estimate of drug-likeness (QED) is 0.891. The first kappa shape index (κ1) is 12.5. The Morgan fingerprint density at radius 2 is 2.11 bits per heavy atom. The molecule has 3 N–H and O–H groups in total. The normalized spacial score (nSPS) is 10.2. The number of anilines is 3. The molecule has 0 aliphatic rings. The molecule has 2 rings (SSSR count). The molecule has 0 amide bonds. The minimum absolute atomic E-state index is 0.604. The predicted molar refractivity (Wildman–Crippen MR) is 74.7 cm³/mol. The monoisotopic (exact) mass is 263 g/mol. The standard InChI is InChI=1S/C13H14ClN3O/c1-8-5-13(16-7-11(8)15)17-12-6-9(18-2)3-4-10(12)14/h3-7H,15H2,1-2H3,(H,16,17). The molecule has 0 radical (unpaired) electrons. The molecule has 5 heteroatoms. The molecule has 0 unspecified atom stereocenters. The Labute approximate surface area is 111 Å². The Hall–Kier alpha value is -1.94. The van der Waals surface area contributed by atoms with Crippen molar-refractivity contribution in [3.8, 4) is 5.75 Å². The van der Waals surface area contributed by atoms with E-state index in [1.54, 1.807) is 25.4 Å². The molecule has 1 heterocycles. The van der Waals surface area contributed by atoms with E-state index < -0.39 is 0 Å². The maximum absolute atomic E-state index is 6.10. The molecule has 2 aromatic rings. The SMILES string of the molecule is COc1ccc(Cl)c(Nc2cc(C)c(N)cn2)c1. The number of halogens is 1. The average Bonchev–Trinajstić information content (AvgIpc) is 2.36. The van der Waals surface area contributed by atoms with Crippen molar-refractivity contribution in [3.63, 3.8) is 0 Å². The molecule has 0 spiro atoms. The number of nitrogens with zero attached hydrogens (tertiary/aromatic N) is 1. The second-order valence-corrected chi connectivity index (χ2v) is 4.30. The maximum atomic E-state index is 6.10. The summed E-state index contributed by atoms with van der Waals surface area (Å²) in [5.41, 5.74) is 8.09. The van der Waals surface area contributed by atoms with E-state index in [0.29, 0.717) is 16.5 Å². The van der Waals surface area contributed by atoms with Gasteiger partial charge in [-0.2, -0.15) is 0 Å². The van der Waals surface area contributed by atoms with Gasteiger partial charge in [-0.3, -0.25) is 0 Å². The third-order valence-electron chi connectivity index (χ3n) is 2.59. The molecule has 0 aliphatic heterocycles. The molecule has 0 aliphatic carbocycles. The number of rotatable bonds is 3. The highest BCUT2D eigenvalue weighted by molar-refractivity contribution is 6.33. The summed E-state index contributed by atoms with van der Waals surface area (Å²) in [5.74, 6) is 1.42. The number of aryl methyl sites for hydroxylation is 1. The van der Waals surface area contributed by atoms with Crippen LogP contribution in [0.4, 0.5) is 17.2 Å². The van der Waals surface area contributed by atoms with Crippen molar-refractivity contribution in [2.45, 2.75) is 6.92 Å². The molecular formula is C13H14ClN3O. The lowest BCUT2D eigenvalue weighted by molar-refractivity contribution is 0.415. The molecule has 0 fully saturated rings. The number of ether oxygens (including phenoxy) is 1. The molecule has 4 nitrogen and oxygen atoms in total. The van der Waals surface area contributed by atoms with Crippen LogP contribution < -0.4 is 15.8 Å². The molecule has 1 aromatic carbocycles. The van der Waals surface area contributed by atoms with E-state index in [-0.39, 0.29) is 0 Å². The first-order valence-electron chi connectivity index (χ1n) is 5.43. The molecule has 18 heavy (non-hydrogen) atoms. The van der Waals surface area contributed by atoms with Gasteiger partial charge in [0.2, 0.25) is 0 Å². The summed E-state index contributed by atoms with van der Waals surface area (Å²) in [6.45, 7) is 1.93. The predicted octanol–water partition coefficient (Wildman–Crippen LogP) is 3.38. The van der Waals surface area contributed by atoms with Crippen LogP contribution in [-0.4, -0.2) is 12.1 Å². The van der Waals surface area contributed by atoms with Crippen molar-refractivity contribution in [1.82, 2.24) is 4.98 Å². The Balaban J connectivity index is 2.30. The van der Waals surface area contributed by atoms with Crippen LogP contribution in [0.15, 0.2) is 30.5 Å². The first-order valence-corrected chi connectivity index (χ1v) is 5.80. The number of nitrogen functional groups attached to an aromatic ring is 1. The van der Waals surface area contributed by atoms with Crippen LogP contribution in [0.2, 0.25) is 5.02 Å². The summed E-state index contributed by atoms with van der Waals surface area (Å²) in [7, 11) is 1.61. The first-order chi connectivity index (χ1) is 8.60. The second kappa shape index (κ2) is 5.14. The van der Waals surface area contributed by atoms with Gasteiger partial charge < -0.3 is 15.8 Å². The Bertz CT molecular complexity index is 572. The van der Waals surface area contributed by atoms with Gasteiger partial charge in [-0.25, -0.2) is 4.98 Å². The molecule has 0 bridgehead atoms. The van der Waals surface area contributed by atoms with Crippen LogP contribution in [0.25, 0.3) is 0 Å². The number of benzene rings is 1. The molecule has 1 aromatic heterocycles. The summed E-state index contributed by atoms with van der Waals surface area (Å²) in [4.78, 5) is 4.20. The van der Waals surface area contributed by atoms with Gasteiger partial charge in [-0.15, -0.1) is 0 Å². The van der Waals surface area contributed by atoms with Crippen molar-refractivity contribution < 1.29 is 4.74 Å². The van der Waals surface area contributed by atoms with Crippen LogP contribution in [-0.2, 0) is 0 Å². The highest BCUT2D eigenvalue weighted by atomic mass is 35.5. The van der Waals surface area contributed by atoms with Crippen LogP contribution in [0.1, 0.15) is 5.56 Å². The van der Waals surface area contributed by atoms with Crippen LogP contribution >= 0.6 is 11.6 Å². The van der Waals surface area contributed by atoms with Crippen molar-refractivity contribution in [2.75, 3.05) is 18.2 Å². The second-order valence-electron chi connectivity index (χ2n) is 3.90. The highest BCUT2D eigenvalue weighted by Crippen LogP contribution is 2.29. The van der Waals surface area contributed by atoms with Crippen LogP contribution in [0.3, 0.4) is 0 Å². The summed E-state index contributed by atoms with van der Waals surface area (Å²) in [6.07, 6.45) is 1.62. The smallest absolute Gasteiger partial charge is 0.130 e. The Morgan fingerprint density at radius 3 is 2.78 bits per heavy atom. The van der Waals surface area contributed by atoms with Gasteiger partial charge in [0.1, 0.15) is 11.6 Å². The molecule has 0 saturated heterocycles. The van der Waals surface area contributed by atoms with E-state index in [0.717, 1.165) is 17.0 Å². The molecular weight excluding hydrogens is 250 g/mol. The zero-order chi connectivity index (χ0) is 13.1. The Kier molecular flexibility index (Phi) is 3.58. The lowest BCUT2D eigenvalue weighted by Gasteiger charge is -2.10. The zero-order valence-corrected chi connectivity index (χ0v) is 11.0. The van der Waals surface area contributed by atoms with Crippen molar-refractivity contribution in [2.24, 2.45) is 0 Å². The number of nitrogens with two attached hydrogens (primary N) is 1. The fourth-order valence-corrected chi connectivity index (χ4v) is 1.66. The summed E-state index contributed by atoms with van der Waals surface area (Å²) in [5, 5.41) is 3.74. The van der Waals surface area contributed by atoms with E-state index >= 15 is 0 Å². The molecule has 0 saturated carbocycles. The van der Waals surface area contributed by atoms with Crippen LogP contribution in [0.5, 0.6) is 5.75 Å². The van der Waals surface area contributed by atoms with Crippen molar-refractivity contribution >= 4 is 28.8 Å². The number of aromatic nitrogens is 1. The fraction of sp³-hybridized carbons (Fsp3) is 0.154. The van der Waals surface area contributed by atoms with E-state index in [9.17, 15) is 0 Å². The third kappa shape index (κ3) is 2.65. The van der Waals surface area contributed by atoms with E-state index in [1.807, 2.05) is 19.1 Å². The van der Waals surface area contributed by atoms with Crippen LogP contribution in [0, 0.1) is 6.92 Å². The summed E-state index contributed by atoms with van der Waals surface area (Å²) >= 11 is 6.10. The Morgan fingerprint density at radius 1 is 1.33 bits per heavy atom. The maximum Gasteiger partial charge on any atom is 0.130 e. The summed E-state index contributed by atoms with van der Waals surface area (Å²) in [6, 6.07) is 7.25. The number of nitrogens with one attached hydrogen (secondary N) is 1. The zero-order valence-electron chi connectivity index (χ0n) is 10.2. The van der Waals surface area contributed by atoms with Gasteiger partial charge in [-0.1, -0.05) is 11.6 Å². The van der Waals surface area contributed by atoms with Gasteiger partial charge in [-0.05, 0) is 30.7 Å². The highest BCUT2D eigenvalue weighted by Gasteiger charge is 2.04. The average molecular weight is 264 g/mol. The van der Waals surface area contributed by atoms with E-state index in [4.69, 9.17) is 22.1 Å². The molecule has 94 valence electrons. The van der Waals surface area contributed by atoms with Gasteiger partial charge in [0.15, 0.2) is 0 Å². The summed E-state index contributed by atoms with van der Waals surface area (Å²) < 4.78 is 5.15. The number of hydrogen-bond donors (Lipinski definition) is 2. The topological polar surface area (TPSA) is 60.2 Å². The molecule has 0 atom stereocenters. The minimum atomic E-state index is 0.604. The fourth-order valence-electron chi connectivity index (χ4n) is 1.50. The van der Waals surface area contributed by atoms with Gasteiger partial charge in [0.05, 0.1) is 29.7 Å². The van der Waals surface area contributed by atoms with Crippen molar-refractivity contribution in [1.29, 1.82) is 0 Å². The number of hydrogen-bond acceptors (Lipinski definition) is 4. The van der Waals surface area contributed by atoms with Gasteiger partial charge in [0, 0.05) is 6.07 Å². The van der Waals surface area contributed by atoms with Gasteiger partial charge >= 0.3 is 0 Å². The number of methoxy groups -OCH3 is 1. The third-order valence-corrected chi connectivity index (χ3v) is 2.92. The lowest BCUT2D eigenvalue weighted by atomic mass is 10.2. The largest absolute Gasteiger partial charge is 0.497 e. The minimum Gasteiger partial charge on any atom is -0.497 e. The van der Waals surface area contributed by atoms with E-state index in [2.05, 4.69) is 10.3 Å². The van der Waals surface area contributed by atoms with Gasteiger partial charge in [0.25, 0.3) is 0 Å². The van der Waals surface area contributed by atoms with E-state index in [1.165, 1.54) is 0 Å².